The molecule has 1 atom stereocenters. The van der Waals surface area contributed by atoms with Gasteiger partial charge in [-0.1, -0.05) is 6.92 Å². The molecule has 0 aromatic carbocycles. The van der Waals surface area contributed by atoms with Crippen molar-refractivity contribution in [1.82, 2.24) is 10.2 Å². The van der Waals surface area contributed by atoms with E-state index in [4.69, 9.17) is 9.84 Å². The molecule has 1 heterocycles. The van der Waals surface area contributed by atoms with Crippen LogP contribution >= 0.6 is 0 Å². The Labute approximate surface area is 88.2 Å². The minimum Gasteiger partial charge on any atom is -0.480 e. The molecule has 15 heavy (non-hydrogen) atoms. The summed E-state index contributed by atoms with van der Waals surface area (Å²) in [5, 5.41) is 11.8. The monoisotopic (exact) mass is 216 g/mol. The lowest BCUT2D eigenvalue weighted by Gasteiger charge is -2.32. The topological polar surface area (TPSA) is 78.9 Å². The Kier molecular flexibility index (Phi) is 4.51. The quantitative estimate of drug-likeness (QED) is 0.624. The van der Waals surface area contributed by atoms with Crippen molar-refractivity contribution in [3.05, 3.63) is 0 Å². The highest BCUT2D eigenvalue weighted by atomic mass is 16.5. The number of amides is 1. The van der Waals surface area contributed by atoms with Crippen LogP contribution in [0.15, 0.2) is 0 Å². The van der Waals surface area contributed by atoms with Crippen LogP contribution in [-0.4, -0.2) is 60.8 Å². The van der Waals surface area contributed by atoms with Gasteiger partial charge in [-0.05, 0) is 6.54 Å². The van der Waals surface area contributed by atoms with E-state index in [9.17, 15) is 9.59 Å². The second-order valence-corrected chi connectivity index (χ2v) is 3.30. The zero-order valence-electron chi connectivity index (χ0n) is 8.73. The van der Waals surface area contributed by atoms with Gasteiger partial charge in [-0.2, -0.15) is 0 Å². The molecule has 0 bridgehead atoms. The summed E-state index contributed by atoms with van der Waals surface area (Å²) < 4.78 is 5.03. The Morgan fingerprint density at radius 3 is 2.93 bits per heavy atom. The predicted octanol–water partition coefficient (Wildman–Crippen LogP) is -1.09. The van der Waals surface area contributed by atoms with Crippen molar-refractivity contribution in [2.75, 3.05) is 32.8 Å². The molecule has 1 fully saturated rings. The van der Waals surface area contributed by atoms with Gasteiger partial charge in [0.15, 0.2) is 6.04 Å². The molecule has 0 radical (unpaired) electrons. The van der Waals surface area contributed by atoms with Crippen LogP contribution < -0.4 is 5.32 Å². The molecule has 6 nitrogen and oxygen atoms in total. The van der Waals surface area contributed by atoms with E-state index in [1.54, 1.807) is 0 Å². The summed E-state index contributed by atoms with van der Waals surface area (Å²) in [5.74, 6) is -1.20. The highest BCUT2D eigenvalue weighted by Crippen LogP contribution is 2.07. The molecule has 1 amide bonds. The lowest BCUT2D eigenvalue weighted by molar-refractivity contribution is -0.157. The van der Waals surface area contributed by atoms with Crippen molar-refractivity contribution in [3.8, 4) is 0 Å². The maximum Gasteiger partial charge on any atom is 0.328 e. The third-order valence-electron chi connectivity index (χ3n) is 2.26. The van der Waals surface area contributed by atoms with Crippen molar-refractivity contribution in [3.63, 3.8) is 0 Å². The maximum absolute atomic E-state index is 11.6. The molecular weight excluding hydrogens is 200 g/mol. The first-order valence-corrected chi connectivity index (χ1v) is 4.97. The number of carboxylic acids is 1. The van der Waals surface area contributed by atoms with Gasteiger partial charge >= 0.3 is 5.97 Å². The number of carbonyl (C=O) groups excluding carboxylic acids is 1. The highest BCUT2D eigenvalue weighted by Gasteiger charge is 2.32. The van der Waals surface area contributed by atoms with Gasteiger partial charge in [-0.25, -0.2) is 4.79 Å². The molecule has 86 valence electrons. The first-order chi connectivity index (χ1) is 7.16. The molecule has 2 N–H and O–H groups in total. The molecular formula is C9H16N2O4. The molecule has 1 aliphatic heterocycles. The zero-order chi connectivity index (χ0) is 11.3. The summed E-state index contributed by atoms with van der Waals surface area (Å²) in [6.45, 7) is 3.59. The largest absolute Gasteiger partial charge is 0.480 e. The number of rotatable bonds is 4. The molecule has 0 aromatic heterocycles. The van der Waals surface area contributed by atoms with E-state index in [2.05, 4.69) is 5.32 Å². The molecule has 1 rings (SSSR count). The minimum absolute atomic E-state index is 0.0766. The van der Waals surface area contributed by atoms with E-state index in [0.29, 0.717) is 19.7 Å². The summed E-state index contributed by atoms with van der Waals surface area (Å²) >= 11 is 0. The highest BCUT2D eigenvalue weighted by molar-refractivity contribution is 5.85. The van der Waals surface area contributed by atoms with Gasteiger partial charge in [0, 0.05) is 6.54 Å². The number of ether oxygens (including phenoxy) is 1. The van der Waals surface area contributed by atoms with Crippen LogP contribution in [0.3, 0.4) is 0 Å². The Morgan fingerprint density at radius 2 is 2.33 bits per heavy atom. The molecule has 6 heteroatoms. The van der Waals surface area contributed by atoms with E-state index in [1.807, 2.05) is 6.92 Å². The summed E-state index contributed by atoms with van der Waals surface area (Å²) in [4.78, 5) is 23.8. The molecule has 1 aliphatic rings. The molecule has 1 saturated heterocycles. The van der Waals surface area contributed by atoms with E-state index >= 15 is 0 Å². The first-order valence-electron chi connectivity index (χ1n) is 4.97. The number of nitrogens with one attached hydrogen (secondary N) is 1. The van der Waals surface area contributed by atoms with Gasteiger partial charge in [0.25, 0.3) is 0 Å². The van der Waals surface area contributed by atoms with Crippen molar-refractivity contribution in [2.24, 2.45) is 0 Å². The van der Waals surface area contributed by atoms with Crippen LogP contribution in [0.25, 0.3) is 0 Å². The number of hydrogen-bond donors (Lipinski definition) is 2. The van der Waals surface area contributed by atoms with Gasteiger partial charge < -0.3 is 20.1 Å². The Morgan fingerprint density at radius 1 is 1.60 bits per heavy atom. The minimum atomic E-state index is -1.01. The van der Waals surface area contributed by atoms with Crippen LogP contribution in [0.4, 0.5) is 0 Å². The fourth-order valence-electron chi connectivity index (χ4n) is 1.44. The van der Waals surface area contributed by atoms with E-state index in [-0.39, 0.29) is 19.1 Å². The Balaban J connectivity index is 2.55. The average Bonchev–Trinajstić information content (AvgIpc) is 2.25. The first kappa shape index (κ1) is 11.9. The molecule has 0 aliphatic carbocycles. The number of morpholine rings is 1. The number of carbonyl (C=O) groups is 2. The molecule has 0 spiro atoms. The van der Waals surface area contributed by atoms with Crippen molar-refractivity contribution in [2.45, 2.75) is 13.0 Å². The molecule has 0 saturated carbocycles. The summed E-state index contributed by atoms with van der Waals surface area (Å²) in [7, 11) is 0. The number of aliphatic carboxylic acids is 1. The molecule has 0 aromatic rings. The normalized spacial score (nSPS) is 21.4. The number of nitrogens with zero attached hydrogens (tertiary/aromatic N) is 1. The van der Waals surface area contributed by atoms with E-state index in [0.717, 1.165) is 0 Å². The third-order valence-corrected chi connectivity index (χ3v) is 2.26. The average molecular weight is 216 g/mol. The lowest BCUT2D eigenvalue weighted by atomic mass is 10.2. The number of likely N-dealkylation sites (N-methyl/N-ethyl adjacent to an activating group) is 1. The van der Waals surface area contributed by atoms with Gasteiger partial charge in [-0.15, -0.1) is 0 Å². The fraction of sp³-hybridized carbons (Fsp3) is 0.778. The van der Waals surface area contributed by atoms with Crippen molar-refractivity contribution in [1.29, 1.82) is 0 Å². The molecule has 1 unspecified atom stereocenters. The third kappa shape index (κ3) is 3.17. The smallest absolute Gasteiger partial charge is 0.328 e. The Hall–Kier alpha value is -1.14. The number of hydrogen-bond acceptors (Lipinski definition) is 4. The van der Waals surface area contributed by atoms with Crippen molar-refractivity contribution < 1.29 is 19.4 Å². The zero-order valence-corrected chi connectivity index (χ0v) is 8.73. The maximum atomic E-state index is 11.6. The number of carboxylic acid groups (broad SMARTS) is 1. The lowest BCUT2D eigenvalue weighted by Crippen LogP contribution is -2.54. The van der Waals surface area contributed by atoms with Gasteiger partial charge in [0.1, 0.15) is 0 Å². The van der Waals surface area contributed by atoms with Crippen LogP contribution in [0.5, 0.6) is 0 Å². The van der Waals surface area contributed by atoms with Crippen LogP contribution in [-0.2, 0) is 14.3 Å². The second-order valence-electron chi connectivity index (χ2n) is 3.30. The van der Waals surface area contributed by atoms with Crippen LogP contribution in [0, 0.1) is 0 Å². The Bertz CT molecular complexity index is 244. The van der Waals surface area contributed by atoms with Crippen molar-refractivity contribution >= 4 is 11.9 Å². The van der Waals surface area contributed by atoms with Crippen LogP contribution in [0.2, 0.25) is 0 Å². The van der Waals surface area contributed by atoms with Crippen LogP contribution in [0.1, 0.15) is 6.92 Å². The van der Waals surface area contributed by atoms with E-state index < -0.39 is 12.0 Å². The van der Waals surface area contributed by atoms with Gasteiger partial charge in [0.05, 0.1) is 19.8 Å². The summed E-state index contributed by atoms with van der Waals surface area (Å²) in [6, 6.07) is -0.843. The SMILES string of the molecule is CCNCC(=O)N1CCOCC1C(=O)O. The van der Waals surface area contributed by atoms with E-state index in [1.165, 1.54) is 4.90 Å². The summed E-state index contributed by atoms with van der Waals surface area (Å²) in [5.41, 5.74) is 0. The second kappa shape index (κ2) is 5.67. The fourth-order valence-corrected chi connectivity index (χ4v) is 1.44. The van der Waals surface area contributed by atoms with Gasteiger partial charge in [0.2, 0.25) is 5.91 Å². The standard InChI is InChI=1S/C9H16N2O4/c1-2-10-5-8(12)11-3-4-15-6-7(11)9(13)14/h7,10H,2-6H2,1H3,(H,13,14). The van der Waals surface area contributed by atoms with Gasteiger partial charge in [-0.3, -0.25) is 4.79 Å². The predicted molar refractivity (Wildman–Crippen MR) is 52.5 cm³/mol. The summed E-state index contributed by atoms with van der Waals surface area (Å²) in [6.07, 6.45) is 0.